The van der Waals surface area contributed by atoms with Crippen LogP contribution in [0.5, 0.6) is 0 Å². The summed E-state index contributed by atoms with van der Waals surface area (Å²) in [6, 6.07) is 0.215. The lowest BCUT2D eigenvalue weighted by molar-refractivity contribution is 0.0755. The summed E-state index contributed by atoms with van der Waals surface area (Å²) < 4.78 is 11.0. The zero-order chi connectivity index (χ0) is 10.8. The minimum Gasteiger partial charge on any atom is -0.448 e. The summed E-state index contributed by atoms with van der Waals surface area (Å²) in [6.07, 6.45) is 6.88. The van der Waals surface area contributed by atoms with Crippen molar-refractivity contribution in [3.05, 3.63) is 17.8 Å². The van der Waals surface area contributed by atoms with Crippen molar-refractivity contribution in [1.29, 1.82) is 0 Å². The largest absolute Gasteiger partial charge is 0.448 e. The Morgan fingerprint density at radius 1 is 1.31 bits per heavy atom. The fourth-order valence-corrected chi connectivity index (χ4v) is 2.58. The summed E-state index contributed by atoms with van der Waals surface area (Å²) in [5.74, 6) is 1.48. The van der Waals surface area contributed by atoms with E-state index in [2.05, 4.69) is 10.3 Å². The van der Waals surface area contributed by atoms with Crippen molar-refractivity contribution in [1.82, 2.24) is 10.3 Å². The highest BCUT2D eigenvalue weighted by molar-refractivity contribution is 5.07. The number of aromatic nitrogens is 1. The second kappa shape index (κ2) is 4.55. The topological polar surface area (TPSA) is 47.3 Å². The lowest BCUT2D eigenvalue weighted by Gasteiger charge is -2.21. The highest BCUT2D eigenvalue weighted by Gasteiger charge is 2.24. The second-order valence-corrected chi connectivity index (χ2v) is 4.67. The second-order valence-electron chi connectivity index (χ2n) is 4.67. The average Bonchev–Trinajstić information content (AvgIpc) is 3.01. The van der Waals surface area contributed by atoms with Gasteiger partial charge in [-0.05, 0) is 12.8 Å². The monoisotopic (exact) mass is 222 g/mol. The van der Waals surface area contributed by atoms with Crippen LogP contribution in [-0.2, 0) is 4.74 Å². The number of nitrogens with zero attached hydrogens (tertiary/aromatic N) is 1. The zero-order valence-electron chi connectivity index (χ0n) is 9.45. The molecule has 0 spiro atoms. The minimum atomic E-state index is 0.215. The van der Waals surface area contributed by atoms with Gasteiger partial charge in [0.1, 0.15) is 6.26 Å². The predicted octanol–water partition coefficient (Wildman–Crippen LogP) is 1.99. The first kappa shape index (κ1) is 10.3. The van der Waals surface area contributed by atoms with Crippen LogP contribution in [0.1, 0.15) is 49.2 Å². The Labute approximate surface area is 95.4 Å². The Balaban J connectivity index is 1.71. The van der Waals surface area contributed by atoms with Crippen LogP contribution >= 0.6 is 0 Å². The Morgan fingerprint density at radius 2 is 2.19 bits per heavy atom. The van der Waals surface area contributed by atoms with Gasteiger partial charge in [-0.1, -0.05) is 12.8 Å². The molecule has 1 aliphatic carbocycles. The van der Waals surface area contributed by atoms with Crippen LogP contribution < -0.4 is 5.32 Å². The highest BCUT2D eigenvalue weighted by atomic mass is 16.5. The molecule has 1 aromatic heterocycles. The summed E-state index contributed by atoms with van der Waals surface area (Å²) in [6.45, 7) is 2.40. The van der Waals surface area contributed by atoms with Gasteiger partial charge in [0, 0.05) is 12.5 Å². The molecule has 1 aromatic rings. The lowest BCUT2D eigenvalue weighted by atomic mass is 10.1. The zero-order valence-corrected chi connectivity index (χ0v) is 9.45. The van der Waals surface area contributed by atoms with Crippen LogP contribution in [-0.4, -0.2) is 24.7 Å². The minimum absolute atomic E-state index is 0.215. The summed E-state index contributed by atoms with van der Waals surface area (Å²) in [4.78, 5) is 4.61. The van der Waals surface area contributed by atoms with Gasteiger partial charge in [0.05, 0.1) is 24.9 Å². The van der Waals surface area contributed by atoms with Crippen LogP contribution in [0.15, 0.2) is 10.7 Å². The molecule has 1 atom stereocenters. The van der Waals surface area contributed by atoms with Gasteiger partial charge in [-0.3, -0.25) is 0 Å². The molecular weight excluding hydrogens is 204 g/mol. The van der Waals surface area contributed by atoms with Gasteiger partial charge >= 0.3 is 0 Å². The Kier molecular flexibility index (Phi) is 2.93. The molecule has 4 heteroatoms. The van der Waals surface area contributed by atoms with Crippen molar-refractivity contribution in [2.75, 3.05) is 19.8 Å². The first-order valence-corrected chi connectivity index (χ1v) is 6.20. The number of nitrogens with one attached hydrogen (secondary N) is 1. The molecule has 2 fully saturated rings. The maximum atomic E-state index is 5.60. The normalized spacial score (nSPS) is 27.4. The molecule has 1 saturated heterocycles. The first-order valence-electron chi connectivity index (χ1n) is 6.20. The van der Waals surface area contributed by atoms with E-state index < -0.39 is 0 Å². The summed E-state index contributed by atoms with van der Waals surface area (Å²) in [5, 5.41) is 3.39. The SMILES string of the molecule is c1oc(C2CCCC2)nc1C1COCCN1. The standard InChI is InChI=1S/C12H18N2O2/c1-2-4-9(3-1)12-14-11(8-16-12)10-7-15-6-5-13-10/h8-10,13H,1-7H2. The van der Waals surface area contributed by atoms with Gasteiger partial charge in [0.15, 0.2) is 5.89 Å². The van der Waals surface area contributed by atoms with Gasteiger partial charge < -0.3 is 14.5 Å². The smallest absolute Gasteiger partial charge is 0.197 e. The maximum Gasteiger partial charge on any atom is 0.197 e. The van der Waals surface area contributed by atoms with Gasteiger partial charge in [0.2, 0.25) is 0 Å². The molecule has 1 aliphatic heterocycles. The van der Waals surface area contributed by atoms with Crippen LogP contribution in [0.3, 0.4) is 0 Å². The van der Waals surface area contributed by atoms with Crippen LogP contribution in [0.25, 0.3) is 0 Å². The first-order chi connectivity index (χ1) is 7.93. The predicted molar refractivity (Wildman–Crippen MR) is 59.3 cm³/mol. The molecule has 4 nitrogen and oxygen atoms in total. The van der Waals surface area contributed by atoms with Crippen LogP contribution in [0, 0.1) is 0 Å². The average molecular weight is 222 g/mol. The van der Waals surface area contributed by atoms with Crippen LogP contribution in [0.4, 0.5) is 0 Å². The number of ether oxygens (including phenoxy) is 1. The van der Waals surface area contributed by atoms with Crippen molar-refractivity contribution in [3.63, 3.8) is 0 Å². The quantitative estimate of drug-likeness (QED) is 0.831. The number of hydrogen-bond donors (Lipinski definition) is 1. The molecule has 0 bridgehead atoms. The van der Waals surface area contributed by atoms with Crippen molar-refractivity contribution >= 4 is 0 Å². The Morgan fingerprint density at radius 3 is 2.94 bits per heavy atom. The van der Waals surface area contributed by atoms with E-state index in [0.29, 0.717) is 12.5 Å². The molecule has 1 N–H and O–H groups in total. The van der Waals surface area contributed by atoms with E-state index in [-0.39, 0.29) is 6.04 Å². The van der Waals surface area contributed by atoms with E-state index in [1.165, 1.54) is 25.7 Å². The third-order valence-corrected chi connectivity index (χ3v) is 3.52. The molecule has 88 valence electrons. The molecule has 0 aromatic carbocycles. The third-order valence-electron chi connectivity index (χ3n) is 3.52. The van der Waals surface area contributed by atoms with Crippen molar-refractivity contribution in [3.8, 4) is 0 Å². The maximum absolute atomic E-state index is 5.60. The van der Waals surface area contributed by atoms with Crippen LogP contribution in [0.2, 0.25) is 0 Å². The molecule has 16 heavy (non-hydrogen) atoms. The number of rotatable bonds is 2. The van der Waals surface area contributed by atoms with Crippen molar-refractivity contribution in [2.45, 2.75) is 37.6 Å². The molecule has 2 heterocycles. The van der Waals surface area contributed by atoms with Crippen molar-refractivity contribution < 1.29 is 9.15 Å². The molecule has 2 aliphatic rings. The van der Waals surface area contributed by atoms with Gasteiger partial charge in [-0.2, -0.15) is 0 Å². The van der Waals surface area contributed by atoms with E-state index in [4.69, 9.17) is 9.15 Å². The van der Waals surface area contributed by atoms with E-state index in [1.54, 1.807) is 6.26 Å². The molecule has 0 amide bonds. The lowest BCUT2D eigenvalue weighted by Crippen LogP contribution is -2.34. The summed E-state index contributed by atoms with van der Waals surface area (Å²) in [7, 11) is 0. The van der Waals surface area contributed by atoms with Gasteiger partial charge in [-0.25, -0.2) is 4.98 Å². The summed E-state index contributed by atoms with van der Waals surface area (Å²) >= 11 is 0. The summed E-state index contributed by atoms with van der Waals surface area (Å²) in [5.41, 5.74) is 1.00. The number of hydrogen-bond acceptors (Lipinski definition) is 4. The Bertz CT molecular complexity index is 339. The van der Waals surface area contributed by atoms with E-state index in [0.717, 1.165) is 24.7 Å². The molecule has 1 unspecified atom stereocenters. The molecule has 0 radical (unpaired) electrons. The van der Waals surface area contributed by atoms with E-state index in [1.807, 2.05) is 0 Å². The number of morpholine rings is 1. The van der Waals surface area contributed by atoms with E-state index in [9.17, 15) is 0 Å². The highest BCUT2D eigenvalue weighted by Crippen LogP contribution is 2.34. The molecular formula is C12H18N2O2. The fraction of sp³-hybridized carbons (Fsp3) is 0.750. The molecule has 1 saturated carbocycles. The molecule has 3 rings (SSSR count). The van der Waals surface area contributed by atoms with Gasteiger partial charge in [-0.15, -0.1) is 0 Å². The fourth-order valence-electron chi connectivity index (χ4n) is 2.58. The van der Waals surface area contributed by atoms with E-state index >= 15 is 0 Å². The third kappa shape index (κ3) is 1.99. The number of oxazole rings is 1. The van der Waals surface area contributed by atoms with Gasteiger partial charge in [0.25, 0.3) is 0 Å². The van der Waals surface area contributed by atoms with Crippen molar-refractivity contribution in [2.24, 2.45) is 0 Å². The Hall–Kier alpha value is -0.870.